The quantitative estimate of drug-likeness (QED) is 0.431. The van der Waals surface area contributed by atoms with Crippen molar-refractivity contribution < 1.29 is 9.53 Å². The molecule has 78 valence electrons. The van der Waals surface area contributed by atoms with Crippen molar-refractivity contribution in [3.8, 4) is 0 Å². The molecule has 0 aliphatic heterocycles. The van der Waals surface area contributed by atoms with E-state index in [1.807, 2.05) is 37.3 Å². The molecule has 1 atom stereocenters. The Morgan fingerprint density at radius 3 is 2.80 bits per heavy atom. The molecule has 0 heterocycles. The van der Waals surface area contributed by atoms with Gasteiger partial charge < -0.3 is 4.74 Å². The summed E-state index contributed by atoms with van der Waals surface area (Å²) in [5.41, 5.74) is 9.05. The summed E-state index contributed by atoms with van der Waals surface area (Å²) in [7, 11) is 0. The number of nitrogens with zero attached hydrogens (tertiary/aromatic N) is 3. The average Bonchev–Trinajstić information content (AvgIpc) is 2.27. The van der Waals surface area contributed by atoms with E-state index in [0.29, 0.717) is 0 Å². The van der Waals surface area contributed by atoms with Crippen molar-refractivity contribution in [1.29, 1.82) is 0 Å². The highest BCUT2D eigenvalue weighted by atomic mass is 16.5. The third kappa shape index (κ3) is 3.70. The fourth-order valence-electron chi connectivity index (χ4n) is 1.14. The van der Waals surface area contributed by atoms with Gasteiger partial charge in [-0.25, -0.2) is 4.79 Å². The maximum absolute atomic E-state index is 10.7. The van der Waals surface area contributed by atoms with Crippen molar-refractivity contribution in [2.75, 3.05) is 6.61 Å². The Labute approximate surface area is 87.3 Å². The average molecular weight is 205 g/mol. The van der Waals surface area contributed by atoms with Gasteiger partial charge in [0.1, 0.15) is 0 Å². The van der Waals surface area contributed by atoms with Crippen LogP contribution in [0.25, 0.3) is 10.4 Å². The van der Waals surface area contributed by atoms with Crippen molar-refractivity contribution in [2.24, 2.45) is 5.11 Å². The lowest BCUT2D eigenvalue weighted by atomic mass is 10.0. The zero-order valence-corrected chi connectivity index (χ0v) is 8.33. The van der Waals surface area contributed by atoms with E-state index in [1.165, 1.54) is 0 Å². The van der Waals surface area contributed by atoms with Gasteiger partial charge in [0.2, 0.25) is 0 Å². The van der Waals surface area contributed by atoms with Gasteiger partial charge in [-0.2, -0.15) is 0 Å². The van der Waals surface area contributed by atoms with Gasteiger partial charge >= 0.3 is 6.09 Å². The number of ether oxygens (including phenoxy) is 1. The van der Waals surface area contributed by atoms with E-state index >= 15 is 0 Å². The van der Waals surface area contributed by atoms with Crippen LogP contribution in [0.15, 0.2) is 35.4 Å². The molecule has 1 amide bonds. The molecule has 1 rings (SSSR count). The number of hydrogen-bond acceptors (Lipinski definition) is 2. The number of amides is 1. The Bertz CT molecular complexity index is 372. The molecule has 0 aliphatic rings. The fourth-order valence-corrected chi connectivity index (χ4v) is 1.14. The van der Waals surface area contributed by atoms with E-state index in [2.05, 4.69) is 10.0 Å². The first-order valence-electron chi connectivity index (χ1n) is 4.51. The number of hydrogen-bond donors (Lipinski definition) is 0. The van der Waals surface area contributed by atoms with Crippen LogP contribution < -0.4 is 0 Å². The third-order valence-corrected chi connectivity index (χ3v) is 1.95. The van der Waals surface area contributed by atoms with Crippen molar-refractivity contribution in [1.82, 2.24) is 0 Å². The first-order chi connectivity index (χ1) is 7.24. The molecular formula is C10H11N3O2. The van der Waals surface area contributed by atoms with Crippen LogP contribution in [0.3, 0.4) is 0 Å². The molecule has 5 heteroatoms. The molecule has 1 aromatic rings. The molecule has 0 radical (unpaired) electrons. The Morgan fingerprint density at radius 2 is 2.20 bits per heavy atom. The van der Waals surface area contributed by atoms with Crippen LogP contribution in [0.5, 0.6) is 0 Å². The van der Waals surface area contributed by atoms with Gasteiger partial charge in [-0.15, -0.1) is 0 Å². The van der Waals surface area contributed by atoms with Gasteiger partial charge in [-0.05, 0) is 11.1 Å². The summed E-state index contributed by atoms with van der Waals surface area (Å²) in [4.78, 5) is 13.1. The second kappa shape index (κ2) is 5.67. The highest BCUT2D eigenvalue weighted by Gasteiger charge is 2.07. The zero-order valence-electron chi connectivity index (χ0n) is 8.33. The van der Waals surface area contributed by atoms with Crippen molar-refractivity contribution in [2.45, 2.75) is 12.8 Å². The second-order valence-corrected chi connectivity index (χ2v) is 3.08. The third-order valence-electron chi connectivity index (χ3n) is 1.95. The maximum Gasteiger partial charge on any atom is 0.396 e. The molecular weight excluding hydrogens is 194 g/mol. The summed E-state index contributed by atoms with van der Waals surface area (Å²) >= 11 is 0. The van der Waals surface area contributed by atoms with Crippen LogP contribution in [-0.4, -0.2) is 12.7 Å². The van der Waals surface area contributed by atoms with Crippen molar-refractivity contribution >= 4 is 6.09 Å². The molecule has 15 heavy (non-hydrogen) atoms. The first-order valence-corrected chi connectivity index (χ1v) is 4.51. The van der Waals surface area contributed by atoms with Crippen LogP contribution in [0.1, 0.15) is 18.4 Å². The largest absolute Gasteiger partial charge is 0.460 e. The lowest BCUT2D eigenvalue weighted by Gasteiger charge is -2.10. The minimum Gasteiger partial charge on any atom is -0.460 e. The lowest BCUT2D eigenvalue weighted by Crippen LogP contribution is -2.07. The minimum atomic E-state index is -0.889. The topological polar surface area (TPSA) is 75.1 Å². The van der Waals surface area contributed by atoms with Gasteiger partial charge in [0.15, 0.2) is 0 Å². The van der Waals surface area contributed by atoms with Crippen molar-refractivity contribution in [3.05, 3.63) is 46.3 Å². The van der Waals surface area contributed by atoms with Crippen LogP contribution in [-0.2, 0) is 4.74 Å². The predicted octanol–water partition coefficient (Wildman–Crippen LogP) is 3.24. The second-order valence-electron chi connectivity index (χ2n) is 3.08. The molecule has 0 N–H and O–H groups in total. The number of benzene rings is 1. The number of azide groups is 1. The summed E-state index contributed by atoms with van der Waals surface area (Å²) < 4.78 is 4.74. The highest BCUT2D eigenvalue weighted by molar-refractivity contribution is 5.67. The van der Waals surface area contributed by atoms with Crippen LogP contribution >= 0.6 is 0 Å². The minimum absolute atomic E-state index is 0.0871. The van der Waals surface area contributed by atoms with E-state index in [4.69, 9.17) is 10.3 Å². The summed E-state index contributed by atoms with van der Waals surface area (Å²) in [6, 6.07) is 9.66. The van der Waals surface area contributed by atoms with Gasteiger partial charge in [0.25, 0.3) is 0 Å². The number of rotatable bonds is 3. The maximum atomic E-state index is 10.7. The molecule has 0 unspecified atom stereocenters. The molecule has 0 fully saturated rings. The smallest absolute Gasteiger partial charge is 0.396 e. The molecule has 0 saturated carbocycles. The van der Waals surface area contributed by atoms with E-state index in [-0.39, 0.29) is 12.5 Å². The number of carbonyl (C=O) groups excluding carboxylic acids is 1. The summed E-state index contributed by atoms with van der Waals surface area (Å²) in [6.45, 7) is 2.14. The van der Waals surface area contributed by atoms with Crippen LogP contribution in [0.2, 0.25) is 0 Å². The predicted molar refractivity (Wildman–Crippen MR) is 55.4 cm³/mol. The Kier molecular flexibility index (Phi) is 4.19. The summed E-state index contributed by atoms with van der Waals surface area (Å²) in [5.74, 6) is 0.0871. The van der Waals surface area contributed by atoms with E-state index in [1.54, 1.807) is 0 Å². The van der Waals surface area contributed by atoms with Crippen LogP contribution in [0, 0.1) is 0 Å². The van der Waals surface area contributed by atoms with Gasteiger partial charge in [0, 0.05) is 15.9 Å². The van der Waals surface area contributed by atoms with Crippen molar-refractivity contribution in [3.63, 3.8) is 0 Å². The molecule has 0 aromatic heterocycles. The Morgan fingerprint density at radius 1 is 1.53 bits per heavy atom. The molecule has 0 saturated heterocycles. The molecule has 1 aromatic carbocycles. The van der Waals surface area contributed by atoms with E-state index in [0.717, 1.165) is 5.56 Å². The Hall–Kier alpha value is -2.00. The monoisotopic (exact) mass is 205 g/mol. The first kappa shape index (κ1) is 11.1. The number of carbonyl (C=O) groups is 1. The summed E-state index contributed by atoms with van der Waals surface area (Å²) in [5, 5.41) is 2.81. The molecule has 0 spiro atoms. The normalized spacial score (nSPS) is 11.3. The molecule has 0 aliphatic carbocycles. The fraction of sp³-hybridized carbons (Fsp3) is 0.300. The zero-order chi connectivity index (χ0) is 11.1. The molecule has 5 nitrogen and oxygen atoms in total. The van der Waals surface area contributed by atoms with Gasteiger partial charge in [-0.1, -0.05) is 37.3 Å². The SMILES string of the molecule is C[C@@H](COC(=O)N=[N+]=[N-])c1ccccc1. The van der Waals surface area contributed by atoms with E-state index < -0.39 is 6.09 Å². The standard InChI is InChI=1S/C10H11N3O2/c1-8(7-15-10(14)12-13-11)9-5-3-2-4-6-9/h2-6,8H,7H2,1H3/t8-/m0/s1. The van der Waals surface area contributed by atoms with Crippen LogP contribution in [0.4, 0.5) is 4.79 Å². The van der Waals surface area contributed by atoms with Gasteiger partial charge in [0.05, 0.1) is 6.61 Å². The summed E-state index contributed by atoms with van der Waals surface area (Å²) in [6.07, 6.45) is -0.889. The lowest BCUT2D eigenvalue weighted by molar-refractivity contribution is 0.151. The van der Waals surface area contributed by atoms with E-state index in [9.17, 15) is 4.79 Å². The Balaban J connectivity index is 2.47. The highest BCUT2D eigenvalue weighted by Crippen LogP contribution is 2.14. The van der Waals surface area contributed by atoms with Gasteiger partial charge in [-0.3, -0.25) is 0 Å². The molecule has 0 bridgehead atoms.